The molecule has 1 aromatic rings. The molecule has 0 atom stereocenters. The second-order valence-corrected chi connectivity index (χ2v) is 6.38. The van der Waals surface area contributed by atoms with E-state index in [-0.39, 0.29) is 24.8 Å². The summed E-state index contributed by atoms with van der Waals surface area (Å²) in [5.41, 5.74) is 1.11. The highest BCUT2D eigenvalue weighted by Gasteiger charge is 2.10. The summed E-state index contributed by atoms with van der Waals surface area (Å²) >= 11 is 3.47. The molecule has 8 heteroatoms. The van der Waals surface area contributed by atoms with Crippen LogP contribution in [0.4, 0.5) is 0 Å². The van der Waals surface area contributed by atoms with Gasteiger partial charge in [0.05, 0.1) is 11.6 Å². The van der Waals surface area contributed by atoms with Gasteiger partial charge in [-0.05, 0) is 72.5 Å². The number of ether oxygens (including phenoxy) is 1. The van der Waals surface area contributed by atoms with Crippen molar-refractivity contribution in [2.24, 2.45) is 0 Å². The smallest absolute Gasteiger partial charge is 0.188 e. The second-order valence-electron chi connectivity index (χ2n) is 5.53. The maximum absolute atomic E-state index is 7.89. The number of halogens is 3. The van der Waals surface area contributed by atoms with Gasteiger partial charge in [-0.3, -0.25) is 5.41 Å². The summed E-state index contributed by atoms with van der Waals surface area (Å²) in [4.78, 5) is 2.49. The lowest BCUT2D eigenvalue weighted by atomic mass is 10.2. The van der Waals surface area contributed by atoms with Gasteiger partial charge >= 0.3 is 0 Å². The SMILES string of the molecule is COc1ccc(CNC(=N)NCCCN2CCCC2)cc1Br.Cl.Cl. The topological polar surface area (TPSA) is 60.4 Å². The van der Waals surface area contributed by atoms with E-state index in [1.165, 1.54) is 25.9 Å². The monoisotopic (exact) mass is 440 g/mol. The summed E-state index contributed by atoms with van der Waals surface area (Å²) in [6.45, 7) is 5.07. The molecular formula is C16H27BrCl2N4O. The lowest BCUT2D eigenvalue weighted by Crippen LogP contribution is -2.37. The molecule has 1 aromatic carbocycles. The summed E-state index contributed by atoms with van der Waals surface area (Å²) in [5, 5.41) is 14.1. The first kappa shape index (κ1) is 23.3. The average molecular weight is 442 g/mol. The highest BCUT2D eigenvalue weighted by atomic mass is 79.9. The predicted octanol–water partition coefficient (Wildman–Crippen LogP) is 3.40. The quantitative estimate of drug-likeness (QED) is 0.344. The maximum atomic E-state index is 7.89. The zero-order valence-corrected chi connectivity index (χ0v) is 17.2. The van der Waals surface area contributed by atoms with Gasteiger partial charge in [-0.25, -0.2) is 0 Å². The molecule has 1 aliphatic heterocycles. The lowest BCUT2D eigenvalue weighted by Gasteiger charge is -2.15. The van der Waals surface area contributed by atoms with Gasteiger partial charge in [-0.2, -0.15) is 0 Å². The number of methoxy groups -OCH3 is 1. The van der Waals surface area contributed by atoms with Crippen LogP contribution in [0.5, 0.6) is 5.75 Å². The first-order chi connectivity index (χ1) is 10.7. The molecule has 5 nitrogen and oxygen atoms in total. The molecule has 1 saturated heterocycles. The van der Waals surface area contributed by atoms with Crippen LogP contribution in [-0.4, -0.2) is 44.1 Å². The van der Waals surface area contributed by atoms with Crippen molar-refractivity contribution in [2.75, 3.05) is 33.3 Å². The Balaban J connectivity index is 0.00000264. The highest BCUT2D eigenvalue weighted by Crippen LogP contribution is 2.25. The van der Waals surface area contributed by atoms with Crippen LogP contribution in [0.3, 0.4) is 0 Å². The number of benzene rings is 1. The predicted molar refractivity (Wildman–Crippen MR) is 108 cm³/mol. The number of nitrogens with zero attached hydrogens (tertiary/aromatic N) is 1. The van der Waals surface area contributed by atoms with Gasteiger partial charge in [0.15, 0.2) is 5.96 Å². The van der Waals surface area contributed by atoms with E-state index in [1.54, 1.807) is 7.11 Å². The standard InChI is InChI=1S/C16H25BrN4O.2ClH/c1-22-15-6-5-13(11-14(15)17)12-20-16(18)19-7-4-10-21-8-2-3-9-21;;/h5-6,11H,2-4,7-10,12H2,1H3,(H3,18,19,20);2*1H. The van der Waals surface area contributed by atoms with Crippen LogP contribution in [0, 0.1) is 5.41 Å². The number of hydrogen-bond acceptors (Lipinski definition) is 3. The number of nitrogens with one attached hydrogen (secondary N) is 3. The number of rotatable bonds is 7. The Morgan fingerprint density at radius 3 is 2.58 bits per heavy atom. The Morgan fingerprint density at radius 1 is 1.25 bits per heavy atom. The van der Waals surface area contributed by atoms with Gasteiger partial charge in [0.2, 0.25) is 0 Å². The van der Waals surface area contributed by atoms with Crippen LogP contribution in [0.2, 0.25) is 0 Å². The molecule has 0 amide bonds. The fraction of sp³-hybridized carbons (Fsp3) is 0.562. The van der Waals surface area contributed by atoms with Gasteiger partial charge < -0.3 is 20.3 Å². The number of guanidine groups is 1. The summed E-state index contributed by atoms with van der Waals surface area (Å²) < 4.78 is 6.14. The van der Waals surface area contributed by atoms with E-state index >= 15 is 0 Å². The van der Waals surface area contributed by atoms with Crippen molar-refractivity contribution in [3.63, 3.8) is 0 Å². The van der Waals surface area contributed by atoms with Crippen LogP contribution in [-0.2, 0) is 6.54 Å². The maximum Gasteiger partial charge on any atom is 0.188 e. The van der Waals surface area contributed by atoms with Crippen LogP contribution < -0.4 is 15.4 Å². The third-order valence-electron chi connectivity index (χ3n) is 3.84. The van der Waals surface area contributed by atoms with Crippen molar-refractivity contribution in [3.05, 3.63) is 28.2 Å². The van der Waals surface area contributed by atoms with Crippen molar-refractivity contribution in [2.45, 2.75) is 25.8 Å². The van der Waals surface area contributed by atoms with E-state index in [2.05, 4.69) is 31.5 Å². The minimum Gasteiger partial charge on any atom is -0.496 e. The van der Waals surface area contributed by atoms with Gasteiger partial charge in [-0.15, -0.1) is 24.8 Å². The van der Waals surface area contributed by atoms with Gasteiger partial charge in [0.1, 0.15) is 5.75 Å². The van der Waals surface area contributed by atoms with Gasteiger partial charge in [0.25, 0.3) is 0 Å². The molecule has 0 bridgehead atoms. The minimum absolute atomic E-state index is 0. The fourth-order valence-electron chi connectivity index (χ4n) is 2.60. The van der Waals surface area contributed by atoms with Gasteiger partial charge in [-0.1, -0.05) is 6.07 Å². The molecule has 0 radical (unpaired) electrons. The molecule has 138 valence electrons. The van der Waals surface area contributed by atoms with E-state index in [0.29, 0.717) is 12.5 Å². The molecule has 2 rings (SSSR count). The molecule has 0 saturated carbocycles. The normalized spacial score (nSPS) is 13.6. The highest BCUT2D eigenvalue weighted by molar-refractivity contribution is 9.10. The van der Waals surface area contributed by atoms with E-state index in [4.69, 9.17) is 10.1 Å². The van der Waals surface area contributed by atoms with E-state index in [9.17, 15) is 0 Å². The molecular weight excluding hydrogens is 415 g/mol. The first-order valence-electron chi connectivity index (χ1n) is 7.80. The Bertz CT molecular complexity index is 499. The van der Waals surface area contributed by atoms with E-state index < -0.39 is 0 Å². The molecule has 0 unspecified atom stereocenters. The Kier molecular flexibility index (Phi) is 12.3. The summed E-state index contributed by atoms with van der Waals surface area (Å²) in [5.74, 6) is 1.20. The van der Waals surface area contributed by atoms with Crippen molar-refractivity contribution in [1.29, 1.82) is 5.41 Å². The number of likely N-dealkylation sites (tertiary alicyclic amines) is 1. The summed E-state index contributed by atoms with van der Waals surface area (Å²) in [6, 6.07) is 5.93. The largest absolute Gasteiger partial charge is 0.496 e. The van der Waals surface area contributed by atoms with Crippen LogP contribution >= 0.6 is 40.7 Å². The minimum atomic E-state index is 0. The molecule has 0 spiro atoms. The van der Waals surface area contributed by atoms with Crippen LogP contribution in [0.15, 0.2) is 22.7 Å². The van der Waals surface area contributed by atoms with Gasteiger partial charge in [0, 0.05) is 13.1 Å². The Labute approximate surface area is 165 Å². The Hall–Kier alpha value is -0.690. The molecule has 1 fully saturated rings. The summed E-state index contributed by atoms with van der Waals surface area (Å²) in [7, 11) is 1.65. The zero-order valence-electron chi connectivity index (χ0n) is 13.9. The lowest BCUT2D eigenvalue weighted by molar-refractivity contribution is 0.334. The van der Waals surface area contributed by atoms with Crippen LogP contribution in [0.1, 0.15) is 24.8 Å². The molecule has 3 N–H and O–H groups in total. The van der Waals surface area contributed by atoms with E-state index in [1.807, 2.05) is 18.2 Å². The molecule has 0 aromatic heterocycles. The first-order valence-corrected chi connectivity index (χ1v) is 8.59. The second kappa shape index (κ2) is 12.6. The number of hydrogen-bond donors (Lipinski definition) is 3. The summed E-state index contributed by atoms with van der Waals surface area (Å²) in [6.07, 6.45) is 3.75. The fourth-order valence-corrected chi connectivity index (χ4v) is 3.18. The van der Waals surface area contributed by atoms with Crippen LogP contribution in [0.25, 0.3) is 0 Å². The molecule has 24 heavy (non-hydrogen) atoms. The molecule has 1 heterocycles. The molecule has 1 aliphatic rings. The average Bonchev–Trinajstić information content (AvgIpc) is 3.03. The van der Waals surface area contributed by atoms with E-state index in [0.717, 1.165) is 35.3 Å². The van der Waals surface area contributed by atoms with Crippen molar-refractivity contribution in [3.8, 4) is 5.75 Å². The zero-order chi connectivity index (χ0) is 15.8. The van der Waals surface area contributed by atoms with Crippen molar-refractivity contribution in [1.82, 2.24) is 15.5 Å². The van der Waals surface area contributed by atoms with Crippen molar-refractivity contribution >= 4 is 46.7 Å². The Morgan fingerprint density at radius 2 is 1.96 bits per heavy atom. The third-order valence-corrected chi connectivity index (χ3v) is 4.46. The van der Waals surface area contributed by atoms with Crippen molar-refractivity contribution < 1.29 is 4.74 Å². The third kappa shape index (κ3) is 7.92. The molecule has 0 aliphatic carbocycles.